The molecule has 3 rings (SSSR count). The van der Waals surface area contributed by atoms with Gasteiger partial charge in [-0.15, -0.1) is 0 Å². The van der Waals surface area contributed by atoms with Gasteiger partial charge >= 0.3 is 0 Å². The lowest BCUT2D eigenvalue weighted by Crippen LogP contribution is -2.02. The molecule has 0 unspecified atom stereocenters. The second-order valence-electron chi connectivity index (χ2n) is 5.37. The highest BCUT2D eigenvalue weighted by Gasteiger charge is 2.35. The zero-order valence-corrected chi connectivity index (χ0v) is 13.6. The molecule has 0 saturated heterocycles. The topological polar surface area (TPSA) is 44.8 Å². The van der Waals surface area contributed by atoms with E-state index in [4.69, 9.17) is 14.2 Å². The van der Waals surface area contributed by atoms with Crippen LogP contribution >= 0.6 is 0 Å². The number of hydrogen-bond acceptors (Lipinski definition) is 4. The van der Waals surface area contributed by atoms with Crippen molar-refractivity contribution in [1.29, 1.82) is 0 Å². The predicted molar refractivity (Wildman–Crippen MR) is 88.4 cm³/mol. The van der Waals surface area contributed by atoms with Gasteiger partial charge in [0, 0.05) is 11.1 Å². The maximum Gasteiger partial charge on any atom is 0.235 e. The third kappa shape index (κ3) is 2.36. The van der Waals surface area contributed by atoms with Crippen LogP contribution < -0.4 is 14.2 Å². The number of carbonyl (C=O) groups excluding carboxylic acids is 1. The summed E-state index contributed by atoms with van der Waals surface area (Å²) < 4.78 is 16.7. The summed E-state index contributed by atoms with van der Waals surface area (Å²) in [5.41, 5.74) is 2.96. The monoisotopic (exact) mass is 310 g/mol. The first-order valence-corrected chi connectivity index (χ1v) is 7.33. The van der Waals surface area contributed by atoms with Crippen LogP contribution in [0.1, 0.15) is 27.0 Å². The minimum Gasteiger partial charge on any atom is -0.496 e. The van der Waals surface area contributed by atoms with Crippen LogP contribution in [-0.2, 0) is 0 Å². The van der Waals surface area contributed by atoms with E-state index >= 15 is 0 Å². The van der Waals surface area contributed by atoms with Gasteiger partial charge in [0.25, 0.3) is 0 Å². The average molecular weight is 310 g/mol. The molecule has 4 nitrogen and oxygen atoms in total. The van der Waals surface area contributed by atoms with E-state index in [1.165, 1.54) is 0 Å². The Morgan fingerprint density at radius 3 is 2.22 bits per heavy atom. The van der Waals surface area contributed by atoms with Crippen molar-refractivity contribution >= 4 is 11.9 Å². The van der Waals surface area contributed by atoms with Crippen LogP contribution in [0.4, 0.5) is 0 Å². The van der Waals surface area contributed by atoms with E-state index in [0.29, 0.717) is 28.6 Å². The zero-order chi connectivity index (χ0) is 16.6. The van der Waals surface area contributed by atoms with Gasteiger partial charge in [0.2, 0.25) is 5.78 Å². The molecule has 0 aromatic heterocycles. The molecule has 0 N–H and O–H groups in total. The Bertz CT molecular complexity index is 804. The maximum absolute atomic E-state index is 12.8. The molecule has 1 aliphatic rings. The van der Waals surface area contributed by atoms with E-state index in [2.05, 4.69) is 0 Å². The molecular formula is C19H18O4. The number of allylic oxidation sites excluding steroid dienone is 1. The van der Waals surface area contributed by atoms with Crippen molar-refractivity contribution in [3.63, 3.8) is 0 Å². The SMILES string of the molecule is COc1c(C)c(OC)c2c(c1C)O/C(=C\c1ccccc1)C2=O. The van der Waals surface area contributed by atoms with Gasteiger partial charge in [-0.3, -0.25) is 4.79 Å². The molecule has 1 aliphatic heterocycles. The molecule has 0 atom stereocenters. The van der Waals surface area contributed by atoms with Crippen molar-refractivity contribution < 1.29 is 19.0 Å². The Morgan fingerprint density at radius 2 is 1.61 bits per heavy atom. The number of benzene rings is 2. The number of fused-ring (bicyclic) bond motifs is 1. The summed E-state index contributed by atoms with van der Waals surface area (Å²) in [6.45, 7) is 3.75. The molecule has 118 valence electrons. The largest absolute Gasteiger partial charge is 0.496 e. The molecule has 2 aromatic carbocycles. The summed E-state index contributed by atoms with van der Waals surface area (Å²) in [6.07, 6.45) is 1.74. The van der Waals surface area contributed by atoms with Crippen LogP contribution in [0.25, 0.3) is 6.08 Å². The molecule has 0 bridgehead atoms. The predicted octanol–water partition coefficient (Wildman–Crippen LogP) is 3.94. The van der Waals surface area contributed by atoms with Crippen molar-refractivity contribution in [1.82, 2.24) is 0 Å². The first kappa shape index (κ1) is 15.2. The van der Waals surface area contributed by atoms with Crippen molar-refractivity contribution in [2.24, 2.45) is 0 Å². The minimum atomic E-state index is -0.172. The Morgan fingerprint density at radius 1 is 0.957 bits per heavy atom. The van der Waals surface area contributed by atoms with Crippen LogP contribution in [0.2, 0.25) is 0 Å². The Kier molecular flexibility index (Phi) is 3.82. The lowest BCUT2D eigenvalue weighted by atomic mass is 10.00. The van der Waals surface area contributed by atoms with Gasteiger partial charge in [-0.1, -0.05) is 30.3 Å². The van der Waals surface area contributed by atoms with Gasteiger partial charge in [0.05, 0.1) is 14.2 Å². The van der Waals surface area contributed by atoms with Crippen LogP contribution in [-0.4, -0.2) is 20.0 Å². The van der Waals surface area contributed by atoms with Crippen molar-refractivity contribution in [2.75, 3.05) is 14.2 Å². The number of ketones is 1. The zero-order valence-electron chi connectivity index (χ0n) is 13.6. The van der Waals surface area contributed by atoms with Crippen LogP contribution in [0, 0.1) is 13.8 Å². The second-order valence-corrected chi connectivity index (χ2v) is 5.37. The third-order valence-corrected chi connectivity index (χ3v) is 3.98. The summed E-state index contributed by atoms with van der Waals surface area (Å²) >= 11 is 0. The third-order valence-electron chi connectivity index (χ3n) is 3.98. The number of hydrogen-bond donors (Lipinski definition) is 0. The first-order valence-electron chi connectivity index (χ1n) is 7.33. The number of methoxy groups -OCH3 is 2. The fraction of sp³-hybridized carbons (Fsp3) is 0.211. The van der Waals surface area contributed by atoms with E-state index in [9.17, 15) is 4.79 Å². The van der Waals surface area contributed by atoms with Crippen LogP contribution in [0.15, 0.2) is 36.1 Å². The Balaban J connectivity index is 2.16. The highest BCUT2D eigenvalue weighted by molar-refractivity contribution is 6.17. The fourth-order valence-corrected chi connectivity index (χ4v) is 2.94. The fourth-order valence-electron chi connectivity index (χ4n) is 2.94. The lowest BCUT2D eigenvalue weighted by Gasteiger charge is -2.15. The highest BCUT2D eigenvalue weighted by Crippen LogP contribution is 2.47. The van der Waals surface area contributed by atoms with Crippen molar-refractivity contribution in [3.05, 3.63) is 58.3 Å². The normalized spacial score (nSPS) is 14.6. The molecular weight excluding hydrogens is 292 g/mol. The minimum absolute atomic E-state index is 0.172. The Labute approximate surface area is 135 Å². The molecule has 0 fully saturated rings. The molecule has 4 heteroatoms. The molecule has 0 amide bonds. The number of carbonyl (C=O) groups is 1. The number of Topliss-reactive ketones (excluding diaryl/α,β-unsaturated/α-hetero) is 1. The van der Waals surface area contributed by atoms with E-state index in [1.807, 2.05) is 44.2 Å². The standard InChI is InChI=1S/C19H18O4/c1-11-17(21-3)12(2)19-15(18(11)22-4)16(20)14(23-19)10-13-8-6-5-7-9-13/h5-10H,1-4H3/b14-10-. The summed E-state index contributed by atoms with van der Waals surface area (Å²) in [4.78, 5) is 12.8. The molecule has 2 aromatic rings. The number of rotatable bonds is 3. The second kappa shape index (κ2) is 5.80. The summed E-state index contributed by atoms with van der Waals surface area (Å²) in [5, 5.41) is 0. The van der Waals surface area contributed by atoms with Crippen molar-refractivity contribution in [2.45, 2.75) is 13.8 Å². The van der Waals surface area contributed by atoms with E-state index in [-0.39, 0.29) is 5.78 Å². The first-order chi connectivity index (χ1) is 11.1. The molecule has 1 heterocycles. The van der Waals surface area contributed by atoms with Gasteiger partial charge in [0.1, 0.15) is 22.8 Å². The number of ether oxygens (including phenoxy) is 3. The van der Waals surface area contributed by atoms with Crippen LogP contribution in [0.3, 0.4) is 0 Å². The van der Waals surface area contributed by atoms with E-state index in [0.717, 1.165) is 16.7 Å². The van der Waals surface area contributed by atoms with Gasteiger partial charge in [0.15, 0.2) is 5.76 Å². The molecule has 0 radical (unpaired) electrons. The van der Waals surface area contributed by atoms with E-state index < -0.39 is 0 Å². The smallest absolute Gasteiger partial charge is 0.235 e. The molecule has 23 heavy (non-hydrogen) atoms. The Hall–Kier alpha value is -2.75. The molecule has 0 spiro atoms. The van der Waals surface area contributed by atoms with Crippen LogP contribution in [0.5, 0.6) is 17.2 Å². The summed E-state index contributed by atoms with van der Waals surface area (Å²) in [5.74, 6) is 1.81. The summed E-state index contributed by atoms with van der Waals surface area (Å²) in [7, 11) is 3.14. The lowest BCUT2D eigenvalue weighted by molar-refractivity contribution is 0.101. The van der Waals surface area contributed by atoms with Gasteiger partial charge in [-0.25, -0.2) is 0 Å². The van der Waals surface area contributed by atoms with Gasteiger partial charge in [-0.05, 0) is 25.5 Å². The van der Waals surface area contributed by atoms with Gasteiger partial charge in [-0.2, -0.15) is 0 Å². The van der Waals surface area contributed by atoms with Gasteiger partial charge < -0.3 is 14.2 Å². The van der Waals surface area contributed by atoms with E-state index in [1.54, 1.807) is 20.3 Å². The quantitative estimate of drug-likeness (QED) is 0.806. The maximum atomic E-state index is 12.8. The van der Waals surface area contributed by atoms with Crippen molar-refractivity contribution in [3.8, 4) is 17.2 Å². The summed E-state index contributed by atoms with van der Waals surface area (Å²) in [6, 6.07) is 9.59. The highest BCUT2D eigenvalue weighted by atomic mass is 16.5. The average Bonchev–Trinajstić information content (AvgIpc) is 2.87. The molecule has 0 saturated carbocycles. The molecule has 0 aliphatic carbocycles.